The number of aliphatic hydroxyl groups excluding tert-OH is 2. The maximum Gasteiger partial charge on any atom is 0.0865 e. The van der Waals surface area contributed by atoms with Crippen LogP contribution in [-0.4, -0.2) is 45.3 Å². The number of hydrogen-bond acceptors (Lipinski definition) is 4. The summed E-state index contributed by atoms with van der Waals surface area (Å²) in [6.45, 7) is 16.1. The molecule has 0 bridgehead atoms. The Morgan fingerprint density at radius 1 is 0.765 bits per heavy atom. The van der Waals surface area contributed by atoms with Crippen LogP contribution in [0.5, 0.6) is 0 Å². The van der Waals surface area contributed by atoms with Gasteiger partial charge >= 0.3 is 0 Å². The van der Waals surface area contributed by atoms with Crippen molar-refractivity contribution in [3.05, 3.63) is 0 Å². The van der Waals surface area contributed by atoms with Gasteiger partial charge in [0.1, 0.15) is 0 Å². The molecule has 4 aliphatic carbocycles. The summed E-state index contributed by atoms with van der Waals surface area (Å²) in [4.78, 5) is 0. The third kappa shape index (κ3) is 3.16. The predicted molar refractivity (Wildman–Crippen MR) is 135 cm³/mol. The Morgan fingerprint density at radius 2 is 1.44 bits per heavy atom. The smallest absolute Gasteiger partial charge is 0.0865 e. The molecule has 5 aliphatic rings. The number of hydrogen-bond donors (Lipinski definition) is 3. The molecule has 1 aliphatic heterocycles. The normalized spacial score (nSPS) is 57.7. The summed E-state index contributed by atoms with van der Waals surface area (Å²) in [5.74, 6) is 2.30. The first-order valence-corrected chi connectivity index (χ1v) is 14.3. The molecule has 11 atom stereocenters. The lowest BCUT2D eigenvalue weighted by molar-refractivity contribution is -0.235. The van der Waals surface area contributed by atoms with Gasteiger partial charge < -0.3 is 20.1 Å². The third-order valence-electron chi connectivity index (χ3n) is 13.4. The molecule has 3 N–H and O–H groups in total. The van der Waals surface area contributed by atoms with E-state index in [1.165, 1.54) is 32.1 Å². The summed E-state index contributed by atoms with van der Waals surface area (Å²) in [5, 5.41) is 32.0. The Kier molecular flexibility index (Phi) is 5.76. The highest BCUT2D eigenvalue weighted by molar-refractivity contribution is 5.19. The topological polar surface area (TPSA) is 69.9 Å². The number of ether oxygens (including phenoxy) is 1. The van der Waals surface area contributed by atoms with Crippen LogP contribution in [-0.2, 0) is 4.74 Å². The van der Waals surface area contributed by atoms with Crippen LogP contribution in [0.25, 0.3) is 0 Å². The van der Waals surface area contributed by atoms with E-state index in [9.17, 15) is 15.3 Å². The van der Waals surface area contributed by atoms with Gasteiger partial charge in [-0.15, -0.1) is 0 Å². The summed E-state index contributed by atoms with van der Waals surface area (Å²) >= 11 is 0. The standard InChI is InChI=1S/C30H52O4/c1-25(2,33)24-13-17-30(7,34-24)20-10-15-28(5)19(20)8-9-22-26(3)14-12-23(32)27(4,18-31)21(26)11-16-29(22,28)6/h19-24,31-33H,8-18H2,1-7H3/t19-,20+,21-,22-,23-,24-,26+,27+,28-,29-,30+/m1/s1. The van der Waals surface area contributed by atoms with Gasteiger partial charge in [-0.25, -0.2) is 0 Å². The van der Waals surface area contributed by atoms with E-state index < -0.39 is 5.60 Å². The van der Waals surface area contributed by atoms with E-state index in [2.05, 4.69) is 34.6 Å². The highest BCUT2D eigenvalue weighted by Gasteiger charge is 2.70. The van der Waals surface area contributed by atoms with Crippen molar-refractivity contribution in [2.75, 3.05) is 6.61 Å². The van der Waals surface area contributed by atoms with Crippen LogP contribution in [0.3, 0.4) is 0 Å². The summed E-state index contributed by atoms with van der Waals surface area (Å²) in [6.07, 6.45) is 10.9. The average molecular weight is 477 g/mol. The third-order valence-corrected chi connectivity index (χ3v) is 13.4. The first kappa shape index (κ1) is 25.5. The van der Waals surface area contributed by atoms with Crippen molar-refractivity contribution >= 4 is 0 Å². The molecule has 1 heterocycles. The Bertz CT molecular complexity index is 806. The minimum atomic E-state index is -0.777. The van der Waals surface area contributed by atoms with Crippen LogP contribution in [0.1, 0.15) is 113 Å². The van der Waals surface area contributed by atoms with Gasteiger partial charge in [-0.1, -0.05) is 27.7 Å². The van der Waals surface area contributed by atoms with E-state index in [0.29, 0.717) is 34.5 Å². The van der Waals surface area contributed by atoms with E-state index in [4.69, 9.17) is 4.74 Å². The second-order valence-corrected chi connectivity index (χ2v) is 15.1. The van der Waals surface area contributed by atoms with E-state index in [1.807, 2.05) is 13.8 Å². The van der Waals surface area contributed by atoms with E-state index in [-0.39, 0.29) is 35.2 Å². The molecule has 4 saturated carbocycles. The minimum absolute atomic E-state index is 0.0598. The lowest BCUT2D eigenvalue weighted by Crippen LogP contribution is -2.65. The van der Waals surface area contributed by atoms with Crippen molar-refractivity contribution in [1.82, 2.24) is 0 Å². The highest BCUT2D eigenvalue weighted by atomic mass is 16.5. The molecule has 1 saturated heterocycles. The van der Waals surface area contributed by atoms with Gasteiger partial charge in [0, 0.05) is 5.41 Å². The van der Waals surface area contributed by atoms with E-state index in [0.717, 1.165) is 32.1 Å². The van der Waals surface area contributed by atoms with Crippen LogP contribution < -0.4 is 0 Å². The zero-order valence-corrected chi connectivity index (χ0v) is 23.0. The summed E-state index contributed by atoms with van der Waals surface area (Å²) in [6, 6.07) is 0. The number of fused-ring (bicyclic) bond motifs is 5. The molecule has 0 aromatic carbocycles. The van der Waals surface area contributed by atoms with Crippen molar-refractivity contribution in [3.63, 3.8) is 0 Å². The van der Waals surface area contributed by atoms with Crippen molar-refractivity contribution in [2.45, 2.75) is 136 Å². The largest absolute Gasteiger partial charge is 0.396 e. The van der Waals surface area contributed by atoms with Gasteiger partial charge in [0.25, 0.3) is 0 Å². The van der Waals surface area contributed by atoms with E-state index in [1.54, 1.807) is 0 Å². The van der Waals surface area contributed by atoms with Crippen molar-refractivity contribution in [3.8, 4) is 0 Å². The van der Waals surface area contributed by atoms with Crippen molar-refractivity contribution < 1.29 is 20.1 Å². The second kappa shape index (κ2) is 7.68. The zero-order chi connectivity index (χ0) is 24.9. The Morgan fingerprint density at radius 3 is 2.06 bits per heavy atom. The molecule has 0 unspecified atom stereocenters. The molecule has 0 radical (unpaired) electrons. The van der Waals surface area contributed by atoms with Gasteiger partial charge in [-0.3, -0.25) is 0 Å². The number of aliphatic hydroxyl groups is 3. The summed E-state index contributed by atoms with van der Waals surface area (Å²) < 4.78 is 6.71. The van der Waals surface area contributed by atoms with Crippen LogP contribution in [0.15, 0.2) is 0 Å². The lowest BCUT2D eigenvalue weighted by atomic mass is 9.35. The molecule has 0 aromatic rings. The molecule has 4 nitrogen and oxygen atoms in total. The second-order valence-electron chi connectivity index (χ2n) is 15.1. The minimum Gasteiger partial charge on any atom is -0.396 e. The zero-order valence-electron chi connectivity index (χ0n) is 23.0. The maximum absolute atomic E-state index is 10.9. The SMILES string of the molecule is CC(C)(O)[C@H]1CC[C@@](C)([C@H]2CC[C@]3(C)[C@@H]2CC[C@@H]2[C@@]4(C)CC[C@@H](O)[C@@](C)(CO)[C@@H]4CC[C@]23C)O1. The van der Waals surface area contributed by atoms with E-state index >= 15 is 0 Å². The van der Waals surface area contributed by atoms with Crippen molar-refractivity contribution in [1.29, 1.82) is 0 Å². The fraction of sp³-hybridized carbons (Fsp3) is 1.00. The van der Waals surface area contributed by atoms with Gasteiger partial charge in [-0.2, -0.15) is 0 Å². The molecule has 0 aromatic heterocycles. The fourth-order valence-corrected chi connectivity index (χ4v) is 11.1. The maximum atomic E-state index is 10.9. The molecular weight excluding hydrogens is 424 g/mol. The van der Waals surface area contributed by atoms with Crippen molar-refractivity contribution in [2.24, 2.45) is 45.3 Å². The first-order valence-electron chi connectivity index (χ1n) is 14.3. The first-order chi connectivity index (χ1) is 15.7. The molecule has 0 amide bonds. The van der Waals surface area contributed by atoms with Crippen LogP contribution in [0.4, 0.5) is 0 Å². The monoisotopic (exact) mass is 476 g/mol. The highest BCUT2D eigenvalue weighted by Crippen LogP contribution is 2.76. The molecule has 5 fully saturated rings. The Balaban J connectivity index is 1.44. The van der Waals surface area contributed by atoms with Gasteiger partial charge in [0.2, 0.25) is 0 Å². The Labute approximate surface area is 208 Å². The van der Waals surface area contributed by atoms with Gasteiger partial charge in [0.15, 0.2) is 0 Å². The molecule has 4 heteroatoms. The predicted octanol–water partition coefficient (Wildman–Crippen LogP) is 5.71. The van der Waals surface area contributed by atoms with Gasteiger partial charge in [0.05, 0.1) is 30.0 Å². The molecular formula is C30H52O4. The quantitative estimate of drug-likeness (QED) is 0.488. The van der Waals surface area contributed by atoms with Gasteiger partial charge in [-0.05, 0) is 125 Å². The van der Waals surface area contributed by atoms with Crippen LogP contribution >= 0.6 is 0 Å². The molecule has 34 heavy (non-hydrogen) atoms. The average Bonchev–Trinajstić information content (AvgIpc) is 3.33. The van der Waals surface area contributed by atoms with Crippen LogP contribution in [0, 0.1) is 45.3 Å². The Hall–Kier alpha value is -0.160. The fourth-order valence-electron chi connectivity index (χ4n) is 11.1. The molecule has 196 valence electrons. The summed E-state index contributed by atoms with van der Waals surface area (Å²) in [5.41, 5.74) is -0.487. The molecule has 5 rings (SSSR count). The summed E-state index contributed by atoms with van der Waals surface area (Å²) in [7, 11) is 0. The number of rotatable bonds is 3. The molecule has 0 spiro atoms. The van der Waals surface area contributed by atoms with Crippen LogP contribution in [0.2, 0.25) is 0 Å². The lowest BCUT2D eigenvalue weighted by Gasteiger charge is -2.70.